The second-order valence-electron chi connectivity index (χ2n) is 7.76. The number of phenols is 1. The van der Waals surface area contributed by atoms with E-state index in [2.05, 4.69) is 0 Å². The molecule has 1 aliphatic rings. The minimum atomic E-state index is -0.977. The summed E-state index contributed by atoms with van der Waals surface area (Å²) >= 11 is 0. The number of aliphatic hydroxyl groups excluding tert-OH is 1. The summed E-state index contributed by atoms with van der Waals surface area (Å²) < 4.78 is 10.2. The summed E-state index contributed by atoms with van der Waals surface area (Å²) in [7, 11) is 1.48. The second-order valence-corrected chi connectivity index (χ2v) is 7.76. The molecule has 1 atom stereocenters. The van der Waals surface area contributed by atoms with Gasteiger partial charge in [-0.05, 0) is 61.0 Å². The third-order valence-corrected chi connectivity index (χ3v) is 5.65. The van der Waals surface area contributed by atoms with Gasteiger partial charge in [-0.2, -0.15) is 0 Å². The fourth-order valence-corrected chi connectivity index (χ4v) is 3.97. The van der Waals surface area contributed by atoms with E-state index in [-0.39, 0.29) is 23.7 Å². The Hall–Kier alpha value is -4.59. The first-order valence-corrected chi connectivity index (χ1v) is 10.9. The lowest BCUT2D eigenvalue weighted by Crippen LogP contribution is -2.29. The third kappa shape index (κ3) is 4.46. The van der Waals surface area contributed by atoms with E-state index in [1.807, 2.05) is 0 Å². The molecule has 0 spiro atoms. The zero-order chi connectivity index (χ0) is 25.1. The number of carbonyl (C=O) groups is 3. The van der Waals surface area contributed by atoms with Crippen LogP contribution in [0.4, 0.5) is 5.69 Å². The summed E-state index contributed by atoms with van der Waals surface area (Å²) in [4.78, 5) is 39.7. The summed E-state index contributed by atoms with van der Waals surface area (Å²) in [6.45, 7) is 1.92. The Kier molecular flexibility index (Phi) is 6.55. The van der Waals surface area contributed by atoms with Gasteiger partial charge in [0.1, 0.15) is 17.3 Å². The molecule has 2 N–H and O–H groups in total. The minimum absolute atomic E-state index is 0.0114. The lowest BCUT2D eigenvalue weighted by Gasteiger charge is -2.25. The maximum Gasteiger partial charge on any atom is 0.338 e. The summed E-state index contributed by atoms with van der Waals surface area (Å²) in [6, 6.07) is 17.6. The number of ether oxygens (including phenoxy) is 2. The van der Waals surface area contributed by atoms with Gasteiger partial charge in [-0.3, -0.25) is 14.5 Å². The molecule has 0 aromatic heterocycles. The van der Waals surface area contributed by atoms with Crippen LogP contribution in [-0.2, 0) is 14.3 Å². The van der Waals surface area contributed by atoms with Crippen molar-refractivity contribution >= 4 is 29.1 Å². The van der Waals surface area contributed by atoms with Gasteiger partial charge in [0.25, 0.3) is 11.7 Å². The van der Waals surface area contributed by atoms with Gasteiger partial charge >= 0.3 is 5.97 Å². The van der Waals surface area contributed by atoms with Gasteiger partial charge in [0.2, 0.25) is 0 Å². The highest BCUT2D eigenvalue weighted by Crippen LogP contribution is 2.42. The largest absolute Gasteiger partial charge is 0.508 e. The number of rotatable bonds is 6. The summed E-state index contributed by atoms with van der Waals surface area (Å²) in [6.07, 6.45) is 0. The summed E-state index contributed by atoms with van der Waals surface area (Å²) in [5.41, 5.74) is 1.35. The summed E-state index contributed by atoms with van der Waals surface area (Å²) in [5, 5.41) is 20.9. The number of carbonyl (C=O) groups excluding carboxylic acids is 3. The van der Waals surface area contributed by atoms with Crippen LogP contribution in [0.3, 0.4) is 0 Å². The van der Waals surface area contributed by atoms with Crippen molar-refractivity contribution in [2.75, 3.05) is 18.6 Å². The first-order chi connectivity index (χ1) is 16.8. The van der Waals surface area contributed by atoms with Crippen molar-refractivity contribution in [1.82, 2.24) is 0 Å². The van der Waals surface area contributed by atoms with Crippen molar-refractivity contribution in [1.29, 1.82) is 0 Å². The Balaban J connectivity index is 1.86. The average molecular weight is 473 g/mol. The van der Waals surface area contributed by atoms with Crippen LogP contribution in [0.2, 0.25) is 0 Å². The Morgan fingerprint density at radius 2 is 1.66 bits per heavy atom. The first-order valence-electron chi connectivity index (χ1n) is 10.9. The van der Waals surface area contributed by atoms with Gasteiger partial charge in [-0.25, -0.2) is 4.79 Å². The molecule has 8 nitrogen and oxygen atoms in total. The lowest BCUT2D eigenvalue weighted by atomic mass is 9.95. The molecule has 1 amide bonds. The van der Waals surface area contributed by atoms with E-state index < -0.39 is 23.7 Å². The molecular formula is C27H23NO7. The monoisotopic (exact) mass is 473 g/mol. The molecule has 1 heterocycles. The van der Waals surface area contributed by atoms with E-state index >= 15 is 0 Å². The van der Waals surface area contributed by atoms with Gasteiger partial charge in [0, 0.05) is 11.3 Å². The number of aromatic hydroxyl groups is 1. The lowest BCUT2D eigenvalue weighted by molar-refractivity contribution is -0.132. The number of esters is 1. The fraction of sp³-hybridized carbons (Fsp3) is 0.148. The van der Waals surface area contributed by atoms with Crippen LogP contribution in [-0.4, -0.2) is 41.6 Å². The Morgan fingerprint density at radius 1 is 0.971 bits per heavy atom. The maximum absolute atomic E-state index is 13.2. The van der Waals surface area contributed by atoms with Crippen LogP contribution < -0.4 is 9.64 Å². The topological polar surface area (TPSA) is 113 Å². The Bertz CT molecular complexity index is 1310. The normalized spacial score (nSPS) is 16.9. The highest BCUT2D eigenvalue weighted by molar-refractivity contribution is 6.51. The highest BCUT2D eigenvalue weighted by Gasteiger charge is 2.47. The fourth-order valence-electron chi connectivity index (χ4n) is 3.97. The first kappa shape index (κ1) is 23.6. The smallest absolute Gasteiger partial charge is 0.338 e. The molecule has 178 valence electrons. The van der Waals surface area contributed by atoms with Crippen LogP contribution in [0.25, 0.3) is 5.76 Å². The average Bonchev–Trinajstić information content (AvgIpc) is 3.14. The number of hydrogen-bond acceptors (Lipinski definition) is 7. The van der Waals surface area contributed by atoms with Crippen LogP contribution in [0.5, 0.6) is 11.5 Å². The van der Waals surface area contributed by atoms with Gasteiger partial charge < -0.3 is 19.7 Å². The van der Waals surface area contributed by atoms with Crippen molar-refractivity contribution in [3.63, 3.8) is 0 Å². The summed E-state index contributed by atoms with van der Waals surface area (Å²) in [5.74, 6) is -2.08. The molecule has 0 radical (unpaired) electrons. The van der Waals surface area contributed by atoms with Gasteiger partial charge in [0.15, 0.2) is 0 Å². The van der Waals surface area contributed by atoms with Crippen LogP contribution >= 0.6 is 0 Å². The minimum Gasteiger partial charge on any atom is -0.508 e. The van der Waals surface area contributed by atoms with Gasteiger partial charge in [-0.15, -0.1) is 0 Å². The Morgan fingerprint density at radius 3 is 2.29 bits per heavy atom. The molecule has 1 unspecified atom stereocenters. The van der Waals surface area contributed by atoms with E-state index in [1.165, 1.54) is 48.4 Å². The molecule has 1 aliphatic heterocycles. The Labute approximate surface area is 201 Å². The van der Waals surface area contributed by atoms with E-state index in [0.29, 0.717) is 28.1 Å². The van der Waals surface area contributed by atoms with Crippen molar-refractivity contribution in [2.24, 2.45) is 0 Å². The van der Waals surface area contributed by atoms with Gasteiger partial charge in [-0.1, -0.05) is 24.3 Å². The molecule has 3 aromatic rings. The van der Waals surface area contributed by atoms with Crippen LogP contribution in [0.1, 0.15) is 34.5 Å². The number of benzene rings is 3. The zero-order valence-electron chi connectivity index (χ0n) is 19.1. The molecule has 0 saturated carbocycles. The van der Waals surface area contributed by atoms with E-state index in [4.69, 9.17) is 9.47 Å². The van der Waals surface area contributed by atoms with E-state index in [0.717, 1.165) is 0 Å². The highest BCUT2D eigenvalue weighted by atomic mass is 16.5. The molecule has 0 aliphatic carbocycles. The number of hydrogen-bond donors (Lipinski definition) is 2. The third-order valence-electron chi connectivity index (χ3n) is 5.65. The molecule has 1 fully saturated rings. The quantitative estimate of drug-likeness (QED) is 0.239. The molecule has 35 heavy (non-hydrogen) atoms. The van der Waals surface area contributed by atoms with Gasteiger partial charge in [0.05, 0.1) is 30.9 Å². The molecule has 1 saturated heterocycles. The SMILES string of the molecule is CCOC(=O)c1ccc(N2C(=O)C(=O)/C(=C(/O)c3cccc(OC)c3)C2c2ccc(O)cc2)cc1. The predicted molar refractivity (Wildman–Crippen MR) is 128 cm³/mol. The van der Waals surface area contributed by atoms with Crippen molar-refractivity contribution in [2.45, 2.75) is 13.0 Å². The predicted octanol–water partition coefficient (Wildman–Crippen LogP) is 4.20. The van der Waals surface area contributed by atoms with Crippen molar-refractivity contribution in [3.05, 3.63) is 95.1 Å². The number of phenolic OH excluding ortho intramolecular Hbond substituents is 1. The molecule has 3 aromatic carbocycles. The van der Waals surface area contributed by atoms with Crippen molar-refractivity contribution in [3.8, 4) is 11.5 Å². The van der Waals surface area contributed by atoms with Crippen LogP contribution in [0.15, 0.2) is 78.4 Å². The molecule has 4 rings (SSSR count). The maximum atomic E-state index is 13.2. The number of methoxy groups -OCH3 is 1. The van der Waals surface area contributed by atoms with E-state index in [1.54, 1.807) is 43.3 Å². The number of Topliss-reactive ketones (excluding diaryl/α,β-unsaturated/α-hetero) is 1. The standard InChI is InChI=1S/C27H23NO7/c1-3-35-27(33)17-7-11-19(12-8-17)28-23(16-9-13-20(29)14-10-16)22(25(31)26(28)32)24(30)18-5-4-6-21(15-18)34-2/h4-15,23,29-30H,3H2,1-2H3/b24-22+. The number of ketones is 1. The molecule has 8 heteroatoms. The van der Waals surface area contributed by atoms with Crippen molar-refractivity contribution < 1.29 is 34.1 Å². The zero-order valence-corrected chi connectivity index (χ0v) is 19.1. The number of amides is 1. The van der Waals surface area contributed by atoms with Crippen LogP contribution in [0, 0.1) is 0 Å². The molecular weight excluding hydrogens is 450 g/mol. The number of nitrogens with zero attached hydrogens (tertiary/aromatic N) is 1. The molecule has 0 bridgehead atoms. The number of aliphatic hydroxyl groups is 1. The number of anilines is 1. The second kappa shape index (κ2) is 9.72. The van der Waals surface area contributed by atoms with E-state index in [9.17, 15) is 24.6 Å².